The van der Waals surface area contributed by atoms with E-state index in [9.17, 15) is 44.1 Å². The summed E-state index contributed by atoms with van der Waals surface area (Å²) in [7, 11) is 0. The largest absolute Gasteiger partial charge is 0.456 e. The Kier molecular flexibility index (Phi) is 11.0. The quantitative estimate of drug-likeness (QED) is 0.171. The number of fused-ring (bicyclic) bond motifs is 5. The molecule has 15 heteroatoms. The van der Waals surface area contributed by atoms with Gasteiger partial charge in [-0.3, -0.25) is 14.4 Å². The first-order valence-corrected chi connectivity index (χ1v) is 19.2. The van der Waals surface area contributed by atoms with E-state index in [1.807, 2.05) is 0 Å². The number of nitrogens with one attached hydrogen (secondary N) is 1. The minimum absolute atomic E-state index is 0.0602. The molecule has 3 aliphatic carbocycles. The van der Waals surface area contributed by atoms with Crippen LogP contribution in [0.3, 0.4) is 0 Å². The second-order valence-electron chi connectivity index (χ2n) is 17.4. The Morgan fingerprint density at radius 2 is 1.55 bits per heavy atom. The number of aliphatic hydroxyl groups excluding tert-OH is 2. The van der Waals surface area contributed by atoms with Crippen molar-refractivity contribution in [2.24, 2.45) is 16.7 Å². The van der Waals surface area contributed by atoms with Crippen LogP contribution in [-0.4, -0.2) is 105 Å². The predicted octanol–water partition coefficient (Wildman–Crippen LogP) is 3.47. The molecule has 1 heterocycles. The maximum absolute atomic E-state index is 14.8. The highest BCUT2D eigenvalue weighted by atomic mass is 16.6. The van der Waals surface area contributed by atoms with Gasteiger partial charge >= 0.3 is 24.0 Å². The highest BCUT2D eigenvalue weighted by Crippen LogP contribution is 2.63. The van der Waals surface area contributed by atoms with Crippen LogP contribution in [0.1, 0.15) is 90.2 Å². The topological polar surface area (TPSA) is 221 Å². The minimum atomic E-state index is -2.41. The van der Waals surface area contributed by atoms with Crippen molar-refractivity contribution in [3.8, 4) is 0 Å². The third kappa shape index (κ3) is 7.01. The lowest BCUT2D eigenvalue weighted by atomic mass is 9.45. The summed E-state index contributed by atoms with van der Waals surface area (Å²) < 4.78 is 29.4. The maximum Gasteiger partial charge on any atom is 0.408 e. The molecule has 15 nitrogen and oxygen atoms in total. The molecule has 3 fully saturated rings. The Balaban J connectivity index is 1.49. The fraction of sp³-hybridized carbons (Fsp3) is 0.535. The van der Waals surface area contributed by atoms with Gasteiger partial charge < -0.3 is 44.3 Å². The van der Waals surface area contributed by atoms with Crippen LogP contribution in [0, 0.1) is 16.7 Å². The van der Waals surface area contributed by atoms with Gasteiger partial charge in [-0.2, -0.15) is 0 Å². The summed E-state index contributed by atoms with van der Waals surface area (Å²) in [5.41, 5.74) is -8.77. The van der Waals surface area contributed by atoms with Crippen LogP contribution in [0.25, 0.3) is 0 Å². The molecule has 4 N–H and O–H groups in total. The van der Waals surface area contributed by atoms with E-state index < -0.39 is 112 Å². The van der Waals surface area contributed by atoms with E-state index in [4.69, 9.17) is 23.7 Å². The predicted molar refractivity (Wildman–Crippen MR) is 203 cm³/mol. The SMILES string of the molecule is CC(=O)O[C@]12CO[C@H]1C[C@H](O)[C@]1(C)C(=O)C(=O)C3=C(C)[C@H](OC(=O)[C@@H](O)[C@H](NC(=O)OC(C)(C)C)c4ccccc4)C[C@](O)([C@H](OC(=O)c4ccccc4)[C@@H]21)C3(C)C. The third-order valence-corrected chi connectivity index (χ3v) is 12.4. The van der Waals surface area contributed by atoms with Gasteiger partial charge in [-0.15, -0.1) is 0 Å². The Morgan fingerprint density at radius 1 is 0.948 bits per heavy atom. The number of ether oxygens (including phenoxy) is 5. The van der Waals surface area contributed by atoms with Gasteiger partial charge in [0.15, 0.2) is 11.7 Å². The van der Waals surface area contributed by atoms with Crippen LogP contribution in [0.2, 0.25) is 0 Å². The van der Waals surface area contributed by atoms with Crippen LogP contribution >= 0.6 is 0 Å². The van der Waals surface area contributed by atoms with Crippen LogP contribution in [0.15, 0.2) is 71.8 Å². The zero-order valence-corrected chi connectivity index (χ0v) is 33.8. The van der Waals surface area contributed by atoms with E-state index in [1.54, 1.807) is 69.3 Å². The molecule has 2 aromatic carbocycles. The molecule has 0 aromatic heterocycles. The number of hydrogen-bond acceptors (Lipinski definition) is 14. The molecule has 4 aliphatic rings. The van der Waals surface area contributed by atoms with Crippen molar-refractivity contribution < 1.29 is 67.8 Å². The van der Waals surface area contributed by atoms with Gasteiger partial charge in [-0.25, -0.2) is 14.4 Å². The van der Waals surface area contributed by atoms with Crippen LogP contribution in [0.4, 0.5) is 4.79 Å². The van der Waals surface area contributed by atoms with Gasteiger partial charge in [0.1, 0.15) is 29.5 Å². The standard InChI is InChI=1S/C43H51NO14/c1-22-26(55-37(51)32(48)30(24-15-11-9-12-16-24)44-38(52)58-39(3,4)5)20-43(53)35(56-36(50)25-17-13-10-14-18-25)33-41(8,34(49)31(47)29(22)40(43,6)7)27(46)19-28-42(33,21-54-28)57-23(2)45/h9-18,26-28,30,32-33,35,46,48,53H,19-21H2,1-8H3,(H,44,52)/t26-,27+,28+,30-,32+,33-,35-,41+,42-,43+/m1/s1. The molecule has 0 unspecified atom stereocenters. The monoisotopic (exact) mass is 805 g/mol. The van der Waals surface area contributed by atoms with E-state index in [2.05, 4.69) is 5.32 Å². The van der Waals surface area contributed by atoms with Gasteiger partial charge in [0, 0.05) is 30.8 Å². The van der Waals surface area contributed by atoms with Crippen molar-refractivity contribution in [1.29, 1.82) is 0 Å². The molecule has 1 amide bonds. The summed E-state index contributed by atoms with van der Waals surface area (Å²) in [5, 5.41) is 39.3. The van der Waals surface area contributed by atoms with Crippen LogP contribution < -0.4 is 5.32 Å². The molecule has 10 atom stereocenters. The molecule has 2 saturated carbocycles. The number of esters is 3. The Bertz CT molecular complexity index is 2020. The van der Waals surface area contributed by atoms with E-state index in [1.165, 1.54) is 39.8 Å². The molecular weight excluding hydrogens is 754 g/mol. The average molecular weight is 806 g/mol. The molecule has 2 aromatic rings. The van der Waals surface area contributed by atoms with Crippen LogP contribution in [-0.2, 0) is 42.9 Å². The van der Waals surface area contributed by atoms with E-state index in [0.29, 0.717) is 5.56 Å². The smallest absolute Gasteiger partial charge is 0.408 e. The zero-order chi connectivity index (χ0) is 42.7. The lowest BCUT2D eigenvalue weighted by Gasteiger charge is -2.66. The fourth-order valence-electron chi connectivity index (χ4n) is 9.34. The molecule has 1 saturated heterocycles. The highest BCUT2D eigenvalue weighted by molar-refractivity contribution is 6.46. The summed E-state index contributed by atoms with van der Waals surface area (Å²) in [4.78, 5) is 83.5. The summed E-state index contributed by atoms with van der Waals surface area (Å²) in [6, 6.07) is 14.5. The number of rotatable bonds is 8. The summed E-state index contributed by atoms with van der Waals surface area (Å²) in [5.74, 6) is -6.80. The number of amides is 1. The van der Waals surface area contributed by atoms with Crippen molar-refractivity contribution >= 4 is 35.6 Å². The number of hydrogen-bond donors (Lipinski definition) is 4. The normalized spacial score (nSPS) is 32.4. The molecule has 6 rings (SSSR count). The second kappa shape index (κ2) is 15.0. The average Bonchev–Trinajstić information content (AvgIpc) is 3.14. The molecule has 312 valence electrons. The minimum Gasteiger partial charge on any atom is -0.456 e. The molecule has 58 heavy (non-hydrogen) atoms. The lowest BCUT2D eigenvalue weighted by molar-refractivity contribution is -0.343. The van der Waals surface area contributed by atoms with Crippen molar-refractivity contribution in [2.45, 2.75) is 122 Å². The van der Waals surface area contributed by atoms with Crippen molar-refractivity contribution in [3.05, 3.63) is 82.9 Å². The highest BCUT2D eigenvalue weighted by Gasteiger charge is 2.78. The number of carbonyl (C=O) groups excluding carboxylic acids is 6. The summed E-state index contributed by atoms with van der Waals surface area (Å²) in [6.07, 6.45) is -9.78. The molecular formula is C43H51NO14. The first-order chi connectivity index (χ1) is 27.0. The summed E-state index contributed by atoms with van der Waals surface area (Å²) in [6.45, 7) is 11.5. The second-order valence-corrected chi connectivity index (χ2v) is 17.4. The maximum atomic E-state index is 14.8. The Labute approximate surface area is 336 Å². The number of carbonyl (C=O) groups is 6. The number of aliphatic hydroxyl groups is 3. The molecule has 0 radical (unpaired) electrons. The Morgan fingerprint density at radius 3 is 2.10 bits per heavy atom. The zero-order valence-electron chi connectivity index (χ0n) is 33.8. The van der Waals surface area contributed by atoms with Gasteiger partial charge in [0.25, 0.3) is 0 Å². The van der Waals surface area contributed by atoms with Gasteiger partial charge in [-0.05, 0) is 57.9 Å². The third-order valence-electron chi connectivity index (χ3n) is 12.4. The van der Waals surface area contributed by atoms with Crippen LogP contribution in [0.5, 0.6) is 0 Å². The Hall–Kier alpha value is -4.96. The van der Waals surface area contributed by atoms with E-state index >= 15 is 0 Å². The lowest BCUT2D eigenvalue weighted by Crippen LogP contribution is -2.81. The fourth-order valence-corrected chi connectivity index (χ4v) is 9.34. The number of Topliss-reactive ketones (excluding diaryl/α,β-unsaturated/α-hetero) is 2. The summed E-state index contributed by atoms with van der Waals surface area (Å²) >= 11 is 0. The molecule has 1 aliphatic heterocycles. The molecule has 0 spiro atoms. The van der Waals surface area contributed by atoms with Gasteiger partial charge in [0.2, 0.25) is 11.6 Å². The first kappa shape index (κ1) is 42.6. The number of ketones is 2. The first-order valence-electron chi connectivity index (χ1n) is 19.2. The van der Waals surface area contributed by atoms with E-state index in [0.717, 1.165) is 6.92 Å². The van der Waals surface area contributed by atoms with Crippen molar-refractivity contribution in [1.82, 2.24) is 5.32 Å². The molecule has 2 bridgehead atoms. The number of alkyl carbamates (subject to hydrolysis) is 1. The van der Waals surface area contributed by atoms with Gasteiger partial charge in [0.05, 0.1) is 35.6 Å². The van der Waals surface area contributed by atoms with Crippen molar-refractivity contribution in [3.63, 3.8) is 0 Å². The van der Waals surface area contributed by atoms with Crippen molar-refractivity contribution in [2.75, 3.05) is 6.61 Å². The number of benzene rings is 2. The van der Waals surface area contributed by atoms with Gasteiger partial charge in [-0.1, -0.05) is 62.4 Å². The van der Waals surface area contributed by atoms with E-state index in [-0.39, 0.29) is 29.7 Å².